The standard InChI is InChI=1S/C6H8O10S/c7-3(8)1-6(5(11)12,2-4(9)10)16-17(13,14)15/h1-2H2,(H,7,8)(H,9,10)(H,11,12)(H,13,14,15). The number of carboxylic acid groups (broad SMARTS) is 3. The summed E-state index contributed by atoms with van der Waals surface area (Å²) in [4.78, 5) is 31.5. The minimum Gasteiger partial charge on any atom is -0.481 e. The van der Waals surface area contributed by atoms with Crippen molar-refractivity contribution in [3.63, 3.8) is 0 Å². The number of hydrogen-bond donors (Lipinski definition) is 4. The quantitative estimate of drug-likeness (QED) is 0.402. The number of aliphatic carboxylic acids is 3. The lowest BCUT2D eigenvalue weighted by atomic mass is 9.96. The van der Waals surface area contributed by atoms with Gasteiger partial charge in [0.1, 0.15) is 0 Å². The first-order valence-corrected chi connectivity index (χ1v) is 5.20. The minimum absolute atomic E-state index is 1.45. The van der Waals surface area contributed by atoms with Crippen molar-refractivity contribution in [2.45, 2.75) is 18.4 Å². The zero-order valence-electron chi connectivity index (χ0n) is 8.06. The Labute approximate surface area is 94.4 Å². The summed E-state index contributed by atoms with van der Waals surface area (Å²) >= 11 is 0. The highest BCUT2D eigenvalue weighted by molar-refractivity contribution is 7.81. The zero-order valence-corrected chi connectivity index (χ0v) is 8.88. The van der Waals surface area contributed by atoms with Crippen molar-refractivity contribution in [2.75, 3.05) is 0 Å². The van der Waals surface area contributed by atoms with E-state index >= 15 is 0 Å². The number of rotatable bonds is 7. The highest BCUT2D eigenvalue weighted by Crippen LogP contribution is 2.24. The molecule has 11 heteroatoms. The summed E-state index contributed by atoms with van der Waals surface area (Å²) in [5, 5.41) is 25.4. The molecule has 0 aromatic heterocycles. The highest BCUT2D eigenvalue weighted by atomic mass is 32.3. The summed E-state index contributed by atoms with van der Waals surface area (Å²) < 4.78 is 32.8. The molecule has 0 atom stereocenters. The molecular weight excluding hydrogens is 264 g/mol. The first-order chi connectivity index (χ1) is 7.48. The molecule has 0 aliphatic carbocycles. The van der Waals surface area contributed by atoms with Gasteiger partial charge in [0.15, 0.2) is 0 Å². The van der Waals surface area contributed by atoms with Gasteiger partial charge in [-0.15, -0.1) is 0 Å². The maximum Gasteiger partial charge on any atom is 0.398 e. The molecule has 98 valence electrons. The van der Waals surface area contributed by atoms with Gasteiger partial charge in [0.25, 0.3) is 0 Å². The third kappa shape index (κ3) is 5.24. The molecule has 0 aromatic carbocycles. The monoisotopic (exact) mass is 272 g/mol. The molecule has 0 bridgehead atoms. The Kier molecular flexibility index (Phi) is 4.56. The van der Waals surface area contributed by atoms with Crippen LogP contribution in [0.5, 0.6) is 0 Å². The van der Waals surface area contributed by atoms with E-state index in [9.17, 15) is 22.8 Å². The minimum atomic E-state index is -5.33. The Hall–Kier alpha value is -1.72. The van der Waals surface area contributed by atoms with E-state index in [1.54, 1.807) is 0 Å². The van der Waals surface area contributed by atoms with Crippen molar-refractivity contribution in [1.82, 2.24) is 0 Å². The average Bonchev–Trinajstić information content (AvgIpc) is 1.96. The van der Waals surface area contributed by atoms with E-state index in [0.717, 1.165) is 0 Å². The SMILES string of the molecule is O=C(O)CC(CC(=O)O)(OS(=O)(=O)O)C(=O)O. The van der Waals surface area contributed by atoms with Crippen molar-refractivity contribution in [1.29, 1.82) is 0 Å². The molecule has 0 spiro atoms. The molecule has 0 radical (unpaired) electrons. The van der Waals surface area contributed by atoms with E-state index in [-0.39, 0.29) is 0 Å². The van der Waals surface area contributed by atoms with E-state index in [1.807, 2.05) is 0 Å². The van der Waals surface area contributed by atoms with E-state index in [0.29, 0.717) is 0 Å². The van der Waals surface area contributed by atoms with Crippen LogP contribution in [0.1, 0.15) is 12.8 Å². The second-order valence-electron chi connectivity index (χ2n) is 2.95. The largest absolute Gasteiger partial charge is 0.481 e. The summed E-state index contributed by atoms with van der Waals surface area (Å²) in [7, 11) is -5.33. The van der Waals surface area contributed by atoms with Crippen LogP contribution >= 0.6 is 0 Å². The molecule has 0 aliphatic heterocycles. The maximum absolute atomic E-state index is 10.7. The van der Waals surface area contributed by atoms with Crippen LogP contribution in [0.2, 0.25) is 0 Å². The molecule has 0 fully saturated rings. The Morgan fingerprint density at radius 1 is 1.00 bits per heavy atom. The second kappa shape index (κ2) is 5.07. The van der Waals surface area contributed by atoms with Gasteiger partial charge < -0.3 is 15.3 Å². The lowest BCUT2D eigenvalue weighted by Crippen LogP contribution is -2.46. The predicted octanol–water partition coefficient (Wildman–Crippen LogP) is -1.42. The normalized spacial score (nSPS) is 12.1. The molecule has 0 heterocycles. The maximum atomic E-state index is 10.7. The zero-order chi connectivity index (χ0) is 13.9. The van der Waals surface area contributed by atoms with Gasteiger partial charge in [-0.25, -0.2) is 8.98 Å². The molecule has 0 saturated heterocycles. The number of carboxylic acids is 3. The van der Waals surface area contributed by atoms with Crippen molar-refractivity contribution < 1.29 is 46.9 Å². The van der Waals surface area contributed by atoms with Gasteiger partial charge in [0, 0.05) is 0 Å². The van der Waals surface area contributed by atoms with Gasteiger partial charge in [0.2, 0.25) is 5.60 Å². The van der Waals surface area contributed by atoms with Gasteiger partial charge in [-0.3, -0.25) is 14.1 Å². The fraction of sp³-hybridized carbons (Fsp3) is 0.500. The van der Waals surface area contributed by atoms with Crippen LogP contribution in [0.25, 0.3) is 0 Å². The molecular formula is C6H8O10S. The molecule has 0 aromatic rings. The molecule has 17 heavy (non-hydrogen) atoms. The lowest BCUT2D eigenvalue weighted by molar-refractivity contribution is -0.167. The van der Waals surface area contributed by atoms with Crippen molar-refractivity contribution in [3.05, 3.63) is 0 Å². The molecule has 10 nitrogen and oxygen atoms in total. The van der Waals surface area contributed by atoms with E-state index in [2.05, 4.69) is 4.18 Å². The van der Waals surface area contributed by atoms with Crippen LogP contribution in [0.3, 0.4) is 0 Å². The molecule has 4 N–H and O–H groups in total. The van der Waals surface area contributed by atoms with Crippen LogP contribution in [0.15, 0.2) is 0 Å². The third-order valence-electron chi connectivity index (χ3n) is 1.53. The average molecular weight is 272 g/mol. The fourth-order valence-corrected chi connectivity index (χ4v) is 1.59. The van der Waals surface area contributed by atoms with Gasteiger partial charge in [-0.2, -0.15) is 8.42 Å². The fourth-order valence-electron chi connectivity index (χ4n) is 0.998. The third-order valence-corrected chi connectivity index (χ3v) is 2.06. The van der Waals surface area contributed by atoms with Crippen molar-refractivity contribution in [3.8, 4) is 0 Å². The molecule has 0 unspecified atom stereocenters. The van der Waals surface area contributed by atoms with E-state index in [1.165, 1.54) is 0 Å². The van der Waals surface area contributed by atoms with E-state index < -0.39 is 46.7 Å². The van der Waals surface area contributed by atoms with E-state index in [4.69, 9.17) is 19.9 Å². The molecule has 0 saturated carbocycles. The molecule has 0 rings (SSSR count). The van der Waals surface area contributed by atoms with Crippen LogP contribution in [0, 0.1) is 0 Å². The Morgan fingerprint density at radius 3 is 1.53 bits per heavy atom. The predicted molar refractivity (Wildman–Crippen MR) is 47.5 cm³/mol. The van der Waals surface area contributed by atoms with Gasteiger partial charge in [-0.1, -0.05) is 0 Å². The Bertz CT molecular complexity index is 418. The topological polar surface area (TPSA) is 175 Å². The van der Waals surface area contributed by atoms with Crippen LogP contribution in [0.4, 0.5) is 0 Å². The first kappa shape index (κ1) is 15.3. The van der Waals surface area contributed by atoms with Crippen molar-refractivity contribution >= 4 is 28.3 Å². The summed E-state index contributed by atoms with van der Waals surface area (Å²) in [5.74, 6) is -5.76. The molecule has 0 aliphatic rings. The highest BCUT2D eigenvalue weighted by Gasteiger charge is 2.48. The summed E-state index contributed by atoms with van der Waals surface area (Å²) in [5.41, 5.74) is -3.09. The summed E-state index contributed by atoms with van der Waals surface area (Å²) in [6.45, 7) is 0. The van der Waals surface area contributed by atoms with Crippen LogP contribution in [-0.2, 0) is 29.0 Å². The smallest absolute Gasteiger partial charge is 0.398 e. The second-order valence-corrected chi connectivity index (χ2v) is 3.97. The Morgan fingerprint density at radius 2 is 1.35 bits per heavy atom. The lowest BCUT2D eigenvalue weighted by Gasteiger charge is -2.23. The number of hydrogen-bond acceptors (Lipinski definition) is 6. The Balaban J connectivity index is 5.46. The molecule has 0 amide bonds. The number of carbonyl (C=O) groups is 3. The summed E-state index contributed by atoms with van der Waals surface area (Å²) in [6.07, 6.45) is -2.90. The summed E-state index contributed by atoms with van der Waals surface area (Å²) in [6, 6.07) is 0. The first-order valence-electron chi connectivity index (χ1n) is 3.83. The van der Waals surface area contributed by atoms with Crippen LogP contribution < -0.4 is 0 Å². The van der Waals surface area contributed by atoms with Gasteiger partial charge in [-0.05, 0) is 0 Å². The van der Waals surface area contributed by atoms with Gasteiger partial charge >= 0.3 is 28.3 Å². The van der Waals surface area contributed by atoms with Crippen molar-refractivity contribution in [2.24, 2.45) is 0 Å². The van der Waals surface area contributed by atoms with Crippen LogP contribution in [-0.4, -0.2) is 51.8 Å². The van der Waals surface area contributed by atoms with Gasteiger partial charge in [0.05, 0.1) is 12.8 Å².